The van der Waals surface area contributed by atoms with E-state index >= 15 is 0 Å². The van der Waals surface area contributed by atoms with Crippen LogP contribution in [0.2, 0.25) is 0 Å². The van der Waals surface area contributed by atoms with Crippen LogP contribution in [0.5, 0.6) is 0 Å². The summed E-state index contributed by atoms with van der Waals surface area (Å²) < 4.78 is 0.880. The first-order chi connectivity index (χ1) is 9.52. The molecule has 1 amide bonds. The fourth-order valence-electron chi connectivity index (χ4n) is 1.48. The highest BCUT2D eigenvalue weighted by Gasteiger charge is 2.04. The van der Waals surface area contributed by atoms with Gasteiger partial charge in [-0.25, -0.2) is 0 Å². The molecule has 0 fully saturated rings. The molecule has 0 saturated carbocycles. The van der Waals surface area contributed by atoms with Crippen LogP contribution < -0.4 is 16.4 Å². The Hall–Kier alpha value is -1.56. The highest BCUT2D eigenvalue weighted by Crippen LogP contribution is 2.11. The van der Waals surface area contributed by atoms with Crippen molar-refractivity contribution in [1.29, 1.82) is 0 Å². The predicted molar refractivity (Wildman–Crippen MR) is 85.9 cm³/mol. The van der Waals surface area contributed by atoms with Crippen LogP contribution in [0, 0.1) is 0 Å². The predicted octanol–water partition coefficient (Wildman–Crippen LogP) is 1.88. The molecule has 0 aliphatic carbocycles. The minimum absolute atomic E-state index is 0.116. The van der Waals surface area contributed by atoms with E-state index in [1.165, 1.54) is 0 Å². The summed E-state index contributed by atoms with van der Waals surface area (Å²) in [6.45, 7) is 5.02. The van der Waals surface area contributed by atoms with Gasteiger partial charge in [-0.3, -0.25) is 9.79 Å². The molecule has 0 aromatic heterocycles. The molecule has 1 rings (SSSR count). The van der Waals surface area contributed by atoms with Gasteiger partial charge in [0.25, 0.3) is 5.91 Å². The average Bonchev–Trinajstić information content (AvgIpc) is 2.43. The van der Waals surface area contributed by atoms with Crippen molar-refractivity contribution < 1.29 is 4.79 Å². The van der Waals surface area contributed by atoms with Gasteiger partial charge in [0.15, 0.2) is 5.96 Å². The number of aliphatic imine (C=N–C) groups is 1. The molecular weight excluding hydrogens is 320 g/mol. The van der Waals surface area contributed by atoms with E-state index in [-0.39, 0.29) is 5.91 Å². The van der Waals surface area contributed by atoms with Crippen molar-refractivity contribution in [2.45, 2.75) is 26.3 Å². The number of rotatable bonds is 6. The largest absolute Gasteiger partial charge is 0.370 e. The molecule has 20 heavy (non-hydrogen) atoms. The van der Waals surface area contributed by atoms with Crippen LogP contribution in [0.1, 0.15) is 30.6 Å². The number of amides is 1. The summed E-state index contributed by atoms with van der Waals surface area (Å²) in [7, 11) is 0. The van der Waals surface area contributed by atoms with Gasteiger partial charge in [0.05, 0.1) is 6.54 Å². The average molecular weight is 341 g/mol. The maximum atomic E-state index is 11.8. The lowest BCUT2D eigenvalue weighted by molar-refractivity contribution is 0.0954. The second-order valence-electron chi connectivity index (χ2n) is 4.49. The molecule has 0 saturated heterocycles. The van der Waals surface area contributed by atoms with E-state index in [1.54, 1.807) is 12.1 Å². The van der Waals surface area contributed by atoms with Crippen LogP contribution in [-0.2, 0) is 0 Å². The second-order valence-corrected chi connectivity index (χ2v) is 5.40. The lowest BCUT2D eigenvalue weighted by Crippen LogP contribution is -2.38. The van der Waals surface area contributed by atoms with Gasteiger partial charge in [-0.05, 0) is 31.5 Å². The second kappa shape index (κ2) is 8.58. The molecule has 1 unspecified atom stereocenters. The quantitative estimate of drug-likeness (QED) is 0.420. The van der Waals surface area contributed by atoms with Gasteiger partial charge in [0, 0.05) is 22.6 Å². The number of nitrogens with zero attached hydrogens (tertiary/aromatic N) is 1. The normalized spacial score (nSPS) is 12.8. The smallest absolute Gasteiger partial charge is 0.251 e. The molecule has 1 aromatic rings. The molecule has 0 bridgehead atoms. The first-order valence-corrected chi connectivity index (χ1v) is 7.42. The van der Waals surface area contributed by atoms with Crippen LogP contribution in [0.3, 0.4) is 0 Å². The lowest BCUT2D eigenvalue weighted by atomic mass is 10.2. The van der Waals surface area contributed by atoms with Crippen LogP contribution in [-0.4, -0.2) is 31.0 Å². The first kappa shape index (κ1) is 16.5. The molecule has 0 aliphatic heterocycles. The van der Waals surface area contributed by atoms with Gasteiger partial charge < -0.3 is 16.4 Å². The molecule has 0 aliphatic rings. The summed E-state index contributed by atoms with van der Waals surface area (Å²) in [6.07, 6.45) is 0.982. The highest BCUT2D eigenvalue weighted by molar-refractivity contribution is 9.10. The molecule has 1 aromatic carbocycles. The lowest BCUT2D eigenvalue weighted by Gasteiger charge is -2.11. The van der Waals surface area contributed by atoms with Crippen LogP contribution in [0.4, 0.5) is 0 Å². The number of hydrogen-bond donors (Lipinski definition) is 3. The minimum Gasteiger partial charge on any atom is -0.370 e. The molecule has 0 radical (unpaired) electrons. The Morgan fingerprint density at radius 2 is 2.25 bits per heavy atom. The maximum Gasteiger partial charge on any atom is 0.251 e. The van der Waals surface area contributed by atoms with E-state index in [0.29, 0.717) is 30.7 Å². The fraction of sp³-hybridized carbons (Fsp3) is 0.429. The van der Waals surface area contributed by atoms with E-state index in [9.17, 15) is 4.79 Å². The van der Waals surface area contributed by atoms with E-state index in [1.807, 2.05) is 19.1 Å². The van der Waals surface area contributed by atoms with E-state index in [2.05, 4.69) is 38.5 Å². The van der Waals surface area contributed by atoms with Crippen molar-refractivity contribution in [3.63, 3.8) is 0 Å². The van der Waals surface area contributed by atoms with Gasteiger partial charge in [-0.15, -0.1) is 0 Å². The molecule has 6 heteroatoms. The summed E-state index contributed by atoms with van der Waals surface area (Å²) in [5.41, 5.74) is 6.34. The van der Waals surface area contributed by atoms with Crippen molar-refractivity contribution >= 4 is 27.8 Å². The molecular formula is C14H21BrN4O. The van der Waals surface area contributed by atoms with E-state index in [0.717, 1.165) is 10.9 Å². The van der Waals surface area contributed by atoms with Crippen molar-refractivity contribution in [2.75, 3.05) is 13.1 Å². The molecule has 0 spiro atoms. The Bertz CT molecular complexity index is 476. The zero-order valence-corrected chi connectivity index (χ0v) is 13.4. The molecule has 4 N–H and O–H groups in total. The number of benzene rings is 1. The number of nitrogens with one attached hydrogen (secondary N) is 2. The SMILES string of the molecule is CCC(C)NC(N)=NCCNC(=O)c1cccc(Br)c1. The van der Waals surface area contributed by atoms with Gasteiger partial charge in [0.1, 0.15) is 0 Å². The zero-order chi connectivity index (χ0) is 15.0. The Morgan fingerprint density at radius 1 is 1.50 bits per heavy atom. The fourth-order valence-corrected chi connectivity index (χ4v) is 1.88. The van der Waals surface area contributed by atoms with Crippen LogP contribution >= 0.6 is 15.9 Å². The highest BCUT2D eigenvalue weighted by atomic mass is 79.9. The van der Waals surface area contributed by atoms with Gasteiger partial charge in [-0.1, -0.05) is 28.9 Å². The Balaban J connectivity index is 2.34. The Morgan fingerprint density at radius 3 is 2.90 bits per heavy atom. The molecule has 5 nitrogen and oxygen atoms in total. The molecule has 110 valence electrons. The van der Waals surface area contributed by atoms with E-state index < -0.39 is 0 Å². The third-order valence-corrected chi connectivity index (χ3v) is 3.27. The summed E-state index contributed by atoms with van der Waals surface area (Å²) in [4.78, 5) is 16.0. The number of carbonyl (C=O) groups is 1. The maximum absolute atomic E-state index is 11.8. The van der Waals surface area contributed by atoms with Crippen molar-refractivity contribution in [3.05, 3.63) is 34.3 Å². The van der Waals surface area contributed by atoms with Gasteiger partial charge in [-0.2, -0.15) is 0 Å². The summed E-state index contributed by atoms with van der Waals surface area (Å²) in [5, 5.41) is 5.86. The van der Waals surface area contributed by atoms with Crippen LogP contribution in [0.25, 0.3) is 0 Å². The number of hydrogen-bond acceptors (Lipinski definition) is 2. The van der Waals surface area contributed by atoms with Crippen LogP contribution in [0.15, 0.2) is 33.7 Å². The third-order valence-electron chi connectivity index (χ3n) is 2.77. The molecule has 1 atom stereocenters. The number of carbonyl (C=O) groups excluding carboxylic acids is 1. The summed E-state index contributed by atoms with van der Waals surface area (Å²) in [6, 6.07) is 7.54. The van der Waals surface area contributed by atoms with Crippen molar-refractivity contribution in [1.82, 2.24) is 10.6 Å². The van der Waals surface area contributed by atoms with Crippen molar-refractivity contribution in [3.8, 4) is 0 Å². The molecule has 0 heterocycles. The van der Waals surface area contributed by atoms with Gasteiger partial charge in [0.2, 0.25) is 0 Å². The number of nitrogens with two attached hydrogens (primary N) is 1. The van der Waals surface area contributed by atoms with Gasteiger partial charge >= 0.3 is 0 Å². The summed E-state index contributed by atoms with van der Waals surface area (Å²) >= 11 is 3.33. The monoisotopic (exact) mass is 340 g/mol. The van der Waals surface area contributed by atoms with E-state index in [4.69, 9.17) is 5.73 Å². The van der Waals surface area contributed by atoms with Crippen molar-refractivity contribution in [2.24, 2.45) is 10.7 Å². The Labute approximate surface area is 128 Å². The topological polar surface area (TPSA) is 79.5 Å². The third kappa shape index (κ3) is 6.06. The standard InChI is InChI=1S/C14H21BrN4O/c1-3-10(2)19-14(16)18-8-7-17-13(20)11-5-4-6-12(15)9-11/h4-6,9-10H,3,7-8H2,1-2H3,(H,17,20)(H3,16,18,19). The zero-order valence-electron chi connectivity index (χ0n) is 11.8. The number of guanidine groups is 1. The number of halogens is 1. The Kier molecular flexibility index (Phi) is 7.08. The summed E-state index contributed by atoms with van der Waals surface area (Å²) in [5.74, 6) is 0.297. The minimum atomic E-state index is -0.116. The first-order valence-electron chi connectivity index (χ1n) is 6.63.